The Morgan fingerprint density at radius 2 is 2.13 bits per heavy atom. The first-order valence-corrected chi connectivity index (χ1v) is 11.1. The number of furan rings is 1. The van der Waals surface area contributed by atoms with Crippen molar-refractivity contribution in [1.29, 1.82) is 0 Å². The molecule has 0 radical (unpaired) electrons. The van der Waals surface area contributed by atoms with Gasteiger partial charge in [0, 0.05) is 13.1 Å². The van der Waals surface area contributed by atoms with E-state index in [-0.39, 0.29) is 5.91 Å². The quantitative estimate of drug-likeness (QED) is 0.533. The second-order valence-corrected chi connectivity index (χ2v) is 8.49. The van der Waals surface area contributed by atoms with Gasteiger partial charge in [-0.3, -0.25) is 9.36 Å². The fourth-order valence-corrected chi connectivity index (χ4v) is 4.60. The maximum Gasteiger partial charge on any atom is 0.233 e. The summed E-state index contributed by atoms with van der Waals surface area (Å²) in [4.78, 5) is 14.7. The highest BCUT2D eigenvalue weighted by atomic mass is 32.2. The van der Waals surface area contributed by atoms with Gasteiger partial charge in [-0.05, 0) is 43.0 Å². The number of carbonyl (C=O) groups is 1. The summed E-state index contributed by atoms with van der Waals surface area (Å²) < 4.78 is 13.0. The smallest absolute Gasteiger partial charge is 0.233 e. The lowest BCUT2D eigenvalue weighted by molar-refractivity contribution is -0.130. The summed E-state index contributed by atoms with van der Waals surface area (Å²) in [6.45, 7) is 4.36. The maximum absolute atomic E-state index is 12.7. The van der Waals surface area contributed by atoms with E-state index in [9.17, 15) is 4.79 Å². The molecule has 158 valence electrons. The molecule has 1 saturated heterocycles. The van der Waals surface area contributed by atoms with Crippen LogP contribution in [-0.4, -0.2) is 51.5 Å². The van der Waals surface area contributed by atoms with Crippen LogP contribution in [0.4, 0.5) is 0 Å². The van der Waals surface area contributed by atoms with E-state index in [0.717, 1.165) is 36.6 Å². The molecule has 30 heavy (non-hydrogen) atoms. The van der Waals surface area contributed by atoms with E-state index in [0.29, 0.717) is 29.2 Å². The van der Waals surface area contributed by atoms with Gasteiger partial charge >= 0.3 is 0 Å². The Bertz CT molecular complexity index is 986. The number of nitrogens with zero attached hydrogens (tertiary/aromatic N) is 4. The molecule has 8 heteroatoms. The first-order valence-electron chi connectivity index (χ1n) is 10.1. The van der Waals surface area contributed by atoms with Crippen LogP contribution >= 0.6 is 11.8 Å². The number of aromatic nitrogens is 3. The van der Waals surface area contributed by atoms with Crippen molar-refractivity contribution in [2.45, 2.75) is 31.5 Å². The Morgan fingerprint density at radius 1 is 1.27 bits per heavy atom. The maximum atomic E-state index is 12.7. The minimum absolute atomic E-state index is 0.151. The minimum Gasteiger partial charge on any atom is -0.496 e. The van der Waals surface area contributed by atoms with Crippen molar-refractivity contribution in [1.82, 2.24) is 19.7 Å². The second kappa shape index (κ2) is 9.38. The number of likely N-dealkylation sites (tertiary alicyclic amines) is 1. The number of rotatable bonds is 7. The lowest BCUT2D eigenvalue weighted by Crippen LogP contribution is -2.40. The average molecular weight is 427 g/mol. The largest absolute Gasteiger partial charge is 0.496 e. The highest BCUT2D eigenvalue weighted by molar-refractivity contribution is 7.99. The zero-order valence-corrected chi connectivity index (χ0v) is 18.1. The van der Waals surface area contributed by atoms with Crippen LogP contribution in [0.1, 0.15) is 25.5 Å². The van der Waals surface area contributed by atoms with Gasteiger partial charge in [0.2, 0.25) is 5.91 Å². The monoisotopic (exact) mass is 426 g/mol. The predicted octanol–water partition coefficient (Wildman–Crippen LogP) is 3.95. The molecule has 0 aliphatic carbocycles. The summed E-state index contributed by atoms with van der Waals surface area (Å²) in [5, 5.41) is 9.50. The van der Waals surface area contributed by atoms with E-state index < -0.39 is 0 Å². The van der Waals surface area contributed by atoms with E-state index in [1.807, 2.05) is 45.9 Å². The topological polar surface area (TPSA) is 73.4 Å². The van der Waals surface area contributed by atoms with Crippen molar-refractivity contribution < 1.29 is 13.9 Å². The number of hydrogen-bond acceptors (Lipinski definition) is 6. The van der Waals surface area contributed by atoms with Crippen LogP contribution < -0.4 is 4.74 Å². The van der Waals surface area contributed by atoms with Crippen molar-refractivity contribution in [2.75, 3.05) is 26.0 Å². The minimum atomic E-state index is 0.151. The zero-order valence-electron chi connectivity index (χ0n) is 17.3. The molecule has 0 saturated carbocycles. The van der Waals surface area contributed by atoms with Gasteiger partial charge in [-0.1, -0.05) is 30.8 Å². The summed E-state index contributed by atoms with van der Waals surface area (Å²) in [7, 11) is 1.64. The highest BCUT2D eigenvalue weighted by Gasteiger charge is 2.23. The number of thioether (sulfide) groups is 1. The van der Waals surface area contributed by atoms with E-state index in [4.69, 9.17) is 9.15 Å². The van der Waals surface area contributed by atoms with Crippen molar-refractivity contribution in [2.24, 2.45) is 5.92 Å². The summed E-state index contributed by atoms with van der Waals surface area (Å²) in [6.07, 6.45) is 3.91. The van der Waals surface area contributed by atoms with Gasteiger partial charge in [0.1, 0.15) is 11.5 Å². The summed E-state index contributed by atoms with van der Waals surface area (Å²) in [6, 6.07) is 11.5. The molecule has 3 aromatic rings. The third-order valence-electron chi connectivity index (χ3n) is 5.29. The fraction of sp³-hybridized carbons (Fsp3) is 0.409. The molecule has 1 atom stereocenters. The molecule has 4 rings (SSSR count). The molecule has 0 spiro atoms. The summed E-state index contributed by atoms with van der Waals surface area (Å²) in [5.41, 5.74) is 0.849. The van der Waals surface area contributed by atoms with Gasteiger partial charge in [-0.15, -0.1) is 10.2 Å². The van der Waals surface area contributed by atoms with Crippen LogP contribution in [0, 0.1) is 5.92 Å². The van der Waals surface area contributed by atoms with E-state index >= 15 is 0 Å². The van der Waals surface area contributed by atoms with Crippen molar-refractivity contribution >= 4 is 17.7 Å². The van der Waals surface area contributed by atoms with Gasteiger partial charge in [0.15, 0.2) is 11.0 Å². The Kier molecular flexibility index (Phi) is 6.42. The fourth-order valence-electron chi connectivity index (χ4n) is 3.76. The standard InChI is InChI=1S/C22H26N4O3S/c1-16-7-5-11-25(13-16)20(27)15-30-22-24-23-21(18-9-3-4-10-19(18)28-2)26(22)14-17-8-6-12-29-17/h3-4,6,8-10,12,16H,5,7,11,13-15H2,1-2H3. The number of para-hydroxylation sites is 1. The third-order valence-corrected chi connectivity index (χ3v) is 6.24. The number of ether oxygens (including phenoxy) is 1. The number of methoxy groups -OCH3 is 1. The number of benzene rings is 1. The molecule has 1 amide bonds. The van der Waals surface area contributed by atoms with E-state index in [1.165, 1.54) is 18.2 Å². The number of piperidine rings is 1. The van der Waals surface area contributed by atoms with Gasteiger partial charge in [-0.2, -0.15) is 0 Å². The normalized spacial score (nSPS) is 16.6. The molecule has 1 unspecified atom stereocenters. The number of carbonyl (C=O) groups excluding carboxylic acids is 1. The van der Waals surface area contributed by atoms with Gasteiger partial charge in [-0.25, -0.2) is 0 Å². The summed E-state index contributed by atoms with van der Waals surface area (Å²) >= 11 is 1.42. The third kappa shape index (κ3) is 4.53. The highest BCUT2D eigenvalue weighted by Crippen LogP contribution is 2.31. The lowest BCUT2D eigenvalue weighted by Gasteiger charge is -2.30. The van der Waals surface area contributed by atoms with Crippen molar-refractivity contribution in [3.05, 3.63) is 48.4 Å². The van der Waals surface area contributed by atoms with Crippen LogP contribution in [0.3, 0.4) is 0 Å². The zero-order chi connectivity index (χ0) is 20.9. The molecule has 3 heterocycles. The molecule has 1 aliphatic rings. The first kappa shape index (κ1) is 20.5. The van der Waals surface area contributed by atoms with E-state index in [1.54, 1.807) is 13.4 Å². The van der Waals surface area contributed by atoms with Crippen LogP contribution in [0.25, 0.3) is 11.4 Å². The average Bonchev–Trinajstić information content (AvgIpc) is 3.42. The molecule has 1 aromatic carbocycles. The van der Waals surface area contributed by atoms with Crippen molar-refractivity contribution in [3.63, 3.8) is 0 Å². The Morgan fingerprint density at radius 3 is 2.90 bits per heavy atom. The number of amides is 1. The summed E-state index contributed by atoms with van der Waals surface area (Å²) in [5.74, 6) is 3.26. The SMILES string of the molecule is COc1ccccc1-c1nnc(SCC(=O)N2CCCC(C)C2)n1Cc1ccco1. The molecule has 0 N–H and O–H groups in total. The molecule has 0 bridgehead atoms. The molecular weight excluding hydrogens is 400 g/mol. The Labute approximate surface area is 180 Å². The van der Waals surface area contributed by atoms with Crippen molar-refractivity contribution in [3.8, 4) is 17.1 Å². The molecule has 7 nitrogen and oxygen atoms in total. The van der Waals surface area contributed by atoms with Crippen LogP contribution in [-0.2, 0) is 11.3 Å². The molecule has 1 fully saturated rings. The Balaban J connectivity index is 1.58. The van der Waals surface area contributed by atoms with Crippen LogP contribution in [0.2, 0.25) is 0 Å². The van der Waals surface area contributed by atoms with Crippen LogP contribution in [0.15, 0.2) is 52.2 Å². The lowest BCUT2D eigenvalue weighted by atomic mass is 10.0. The van der Waals surface area contributed by atoms with Gasteiger partial charge in [0.25, 0.3) is 0 Å². The first-order chi connectivity index (χ1) is 14.7. The number of hydrogen-bond donors (Lipinski definition) is 0. The van der Waals surface area contributed by atoms with Crippen LogP contribution in [0.5, 0.6) is 5.75 Å². The molecular formula is C22H26N4O3S. The predicted molar refractivity (Wildman–Crippen MR) is 116 cm³/mol. The molecule has 2 aromatic heterocycles. The van der Waals surface area contributed by atoms with E-state index in [2.05, 4.69) is 17.1 Å². The van der Waals surface area contributed by atoms with Gasteiger partial charge < -0.3 is 14.1 Å². The Hall–Kier alpha value is -2.74. The van der Waals surface area contributed by atoms with Gasteiger partial charge in [0.05, 0.1) is 31.2 Å². The second-order valence-electron chi connectivity index (χ2n) is 7.55. The molecule has 1 aliphatic heterocycles.